The first kappa shape index (κ1) is 11.5. The van der Waals surface area contributed by atoms with E-state index in [1.54, 1.807) is 17.9 Å². The lowest BCUT2D eigenvalue weighted by atomic mass is 10.1. The van der Waals surface area contributed by atoms with Gasteiger partial charge in [-0.25, -0.2) is 0 Å². The van der Waals surface area contributed by atoms with Crippen LogP contribution in [0.4, 0.5) is 5.69 Å². The van der Waals surface area contributed by atoms with Crippen LogP contribution in [-0.2, 0) is 23.0 Å². The van der Waals surface area contributed by atoms with E-state index in [0.29, 0.717) is 18.5 Å². The molecule has 0 aliphatic heterocycles. The number of esters is 1. The predicted molar refractivity (Wildman–Crippen MR) is 55.9 cm³/mol. The highest BCUT2D eigenvalue weighted by Gasteiger charge is 2.15. The van der Waals surface area contributed by atoms with Crippen molar-refractivity contribution in [1.82, 2.24) is 9.78 Å². The van der Waals surface area contributed by atoms with E-state index in [2.05, 4.69) is 9.84 Å². The second-order valence-electron chi connectivity index (χ2n) is 3.34. The highest BCUT2D eigenvalue weighted by molar-refractivity contribution is 5.75. The number of nitrogens with two attached hydrogens (primary N) is 2. The number of hydrogen-bond acceptors (Lipinski definition) is 5. The standard InChI is InChI=1S/C9H16N4O2/c1-13-8(7(11)5-12-13)4-3-6(10)9(14)15-2/h5-6H,3-4,10-11H2,1-2H3/t6-/m0/s1. The molecule has 1 aromatic heterocycles. The zero-order valence-corrected chi connectivity index (χ0v) is 8.93. The SMILES string of the molecule is COC(=O)[C@@H](N)CCc1c(N)cnn1C. The summed E-state index contributed by atoms with van der Waals surface area (Å²) in [6.07, 6.45) is 2.69. The van der Waals surface area contributed by atoms with Gasteiger partial charge in [-0.15, -0.1) is 0 Å². The molecule has 0 amide bonds. The predicted octanol–water partition coefficient (Wildman–Crippen LogP) is -0.565. The maximum atomic E-state index is 11.0. The number of aryl methyl sites for hydroxylation is 1. The van der Waals surface area contributed by atoms with Gasteiger partial charge >= 0.3 is 5.97 Å². The lowest BCUT2D eigenvalue weighted by Gasteiger charge is -2.09. The molecule has 6 nitrogen and oxygen atoms in total. The van der Waals surface area contributed by atoms with Crippen LogP contribution < -0.4 is 11.5 Å². The van der Waals surface area contributed by atoms with Gasteiger partial charge in [0.15, 0.2) is 0 Å². The van der Waals surface area contributed by atoms with E-state index < -0.39 is 12.0 Å². The molecule has 1 heterocycles. The molecule has 0 bridgehead atoms. The Balaban J connectivity index is 2.54. The molecule has 6 heteroatoms. The van der Waals surface area contributed by atoms with Gasteiger partial charge < -0.3 is 16.2 Å². The number of methoxy groups -OCH3 is 1. The minimum Gasteiger partial charge on any atom is -0.468 e. The fraction of sp³-hybridized carbons (Fsp3) is 0.556. The maximum Gasteiger partial charge on any atom is 0.322 e. The van der Waals surface area contributed by atoms with E-state index >= 15 is 0 Å². The Kier molecular flexibility index (Phi) is 3.68. The molecule has 1 atom stereocenters. The van der Waals surface area contributed by atoms with Crippen molar-refractivity contribution in [1.29, 1.82) is 0 Å². The molecular weight excluding hydrogens is 196 g/mol. The van der Waals surface area contributed by atoms with Gasteiger partial charge in [-0.1, -0.05) is 0 Å². The topological polar surface area (TPSA) is 96.2 Å². The molecule has 84 valence electrons. The Hall–Kier alpha value is -1.56. The van der Waals surface area contributed by atoms with Crippen molar-refractivity contribution in [2.75, 3.05) is 12.8 Å². The zero-order chi connectivity index (χ0) is 11.4. The number of rotatable bonds is 4. The van der Waals surface area contributed by atoms with Gasteiger partial charge in [0.25, 0.3) is 0 Å². The van der Waals surface area contributed by atoms with Gasteiger partial charge in [-0.05, 0) is 12.8 Å². The van der Waals surface area contributed by atoms with Gasteiger partial charge in [0, 0.05) is 7.05 Å². The van der Waals surface area contributed by atoms with Gasteiger partial charge in [0.1, 0.15) is 6.04 Å². The van der Waals surface area contributed by atoms with Crippen molar-refractivity contribution in [2.24, 2.45) is 12.8 Å². The fourth-order valence-electron chi connectivity index (χ4n) is 1.35. The van der Waals surface area contributed by atoms with E-state index in [0.717, 1.165) is 5.69 Å². The lowest BCUT2D eigenvalue weighted by Crippen LogP contribution is -2.32. The van der Waals surface area contributed by atoms with Crippen LogP contribution in [0.25, 0.3) is 0 Å². The number of carbonyl (C=O) groups excluding carboxylic acids is 1. The summed E-state index contributed by atoms with van der Waals surface area (Å²) in [5.74, 6) is -0.407. The van der Waals surface area contributed by atoms with Crippen LogP contribution in [0.3, 0.4) is 0 Å². The molecule has 15 heavy (non-hydrogen) atoms. The Morgan fingerprint density at radius 2 is 2.40 bits per heavy atom. The second-order valence-corrected chi connectivity index (χ2v) is 3.34. The average Bonchev–Trinajstić information content (AvgIpc) is 2.54. The van der Waals surface area contributed by atoms with Crippen LogP contribution in [0.2, 0.25) is 0 Å². The normalized spacial score (nSPS) is 12.5. The number of anilines is 1. The second kappa shape index (κ2) is 4.79. The summed E-state index contributed by atoms with van der Waals surface area (Å²) in [5, 5.41) is 3.99. The van der Waals surface area contributed by atoms with E-state index in [1.165, 1.54) is 7.11 Å². The number of carbonyl (C=O) groups is 1. The first-order valence-electron chi connectivity index (χ1n) is 4.66. The molecule has 0 unspecified atom stereocenters. The molecule has 0 spiro atoms. The average molecular weight is 212 g/mol. The van der Waals surface area contributed by atoms with Gasteiger partial charge in [0.2, 0.25) is 0 Å². The van der Waals surface area contributed by atoms with E-state index in [-0.39, 0.29) is 0 Å². The summed E-state index contributed by atoms with van der Waals surface area (Å²) >= 11 is 0. The van der Waals surface area contributed by atoms with Crippen molar-refractivity contribution in [3.8, 4) is 0 Å². The summed E-state index contributed by atoms with van der Waals surface area (Å²) in [7, 11) is 3.12. The summed E-state index contributed by atoms with van der Waals surface area (Å²) in [4.78, 5) is 11.0. The Morgan fingerprint density at radius 3 is 2.87 bits per heavy atom. The summed E-state index contributed by atoms with van der Waals surface area (Å²) < 4.78 is 6.20. The van der Waals surface area contributed by atoms with Gasteiger partial charge in [-0.2, -0.15) is 5.10 Å². The molecule has 1 rings (SSSR count). The summed E-state index contributed by atoms with van der Waals surface area (Å²) in [5.41, 5.74) is 12.8. The molecule has 0 aliphatic rings. The van der Waals surface area contributed by atoms with Crippen LogP contribution in [-0.4, -0.2) is 28.9 Å². The third kappa shape index (κ3) is 2.69. The largest absolute Gasteiger partial charge is 0.468 e. The Morgan fingerprint density at radius 1 is 1.73 bits per heavy atom. The molecular formula is C9H16N4O2. The van der Waals surface area contributed by atoms with E-state index in [4.69, 9.17) is 11.5 Å². The number of hydrogen-bond donors (Lipinski definition) is 2. The van der Waals surface area contributed by atoms with Crippen molar-refractivity contribution in [3.05, 3.63) is 11.9 Å². The van der Waals surface area contributed by atoms with E-state index in [1.807, 2.05) is 0 Å². The fourth-order valence-corrected chi connectivity index (χ4v) is 1.35. The molecule has 0 radical (unpaired) electrons. The Bertz CT molecular complexity index is 328. The van der Waals surface area contributed by atoms with Crippen molar-refractivity contribution >= 4 is 11.7 Å². The molecule has 0 saturated carbocycles. The van der Waals surface area contributed by atoms with Gasteiger partial charge in [0.05, 0.1) is 24.7 Å². The van der Waals surface area contributed by atoms with Gasteiger partial charge in [-0.3, -0.25) is 9.48 Å². The monoisotopic (exact) mass is 212 g/mol. The molecule has 0 aromatic carbocycles. The highest BCUT2D eigenvalue weighted by atomic mass is 16.5. The first-order valence-corrected chi connectivity index (χ1v) is 4.66. The smallest absolute Gasteiger partial charge is 0.322 e. The highest BCUT2D eigenvalue weighted by Crippen LogP contribution is 2.12. The van der Waals surface area contributed by atoms with Crippen LogP contribution in [0.1, 0.15) is 12.1 Å². The molecule has 0 aliphatic carbocycles. The van der Waals surface area contributed by atoms with Crippen molar-refractivity contribution in [3.63, 3.8) is 0 Å². The number of nitrogen functional groups attached to an aromatic ring is 1. The van der Waals surface area contributed by atoms with Crippen molar-refractivity contribution in [2.45, 2.75) is 18.9 Å². The number of nitrogens with zero attached hydrogens (tertiary/aromatic N) is 2. The minimum absolute atomic E-state index is 0.407. The molecule has 4 N–H and O–H groups in total. The van der Waals surface area contributed by atoms with Crippen LogP contribution in [0.5, 0.6) is 0 Å². The van der Waals surface area contributed by atoms with Crippen LogP contribution >= 0.6 is 0 Å². The molecule has 0 fully saturated rings. The minimum atomic E-state index is -0.607. The maximum absolute atomic E-state index is 11.0. The summed E-state index contributed by atoms with van der Waals surface area (Å²) in [6.45, 7) is 0. The third-order valence-corrected chi connectivity index (χ3v) is 2.29. The van der Waals surface area contributed by atoms with Crippen molar-refractivity contribution < 1.29 is 9.53 Å². The first-order chi connectivity index (χ1) is 7.06. The molecule has 1 aromatic rings. The summed E-state index contributed by atoms with van der Waals surface area (Å²) in [6, 6.07) is -0.607. The zero-order valence-electron chi connectivity index (χ0n) is 8.93. The Labute approximate surface area is 88.2 Å². The number of ether oxygens (including phenoxy) is 1. The molecule has 0 saturated heterocycles. The number of aromatic nitrogens is 2. The van der Waals surface area contributed by atoms with Crippen LogP contribution in [0, 0.1) is 0 Å². The third-order valence-electron chi connectivity index (χ3n) is 2.29. The van der Waals surface area contributed by atoms with Crippen LogP contribution in [0.15, 0.2) is 6.20 Å². The lowest BCUT2D eigenvalue weighted by molar-refractivity contribution is -0.142. The van der Waals surface area contributed by atoms with E-state index in [9.17, 15) is 4.79 Å². The quantitative estimate of drug-likeness (QED) is 0.652.